The summed E-state index contributed by atoms with van der Waals surface area (Å²) in [6.45, 7) is 6.26. The van der Waals surface area contributed by atoms with E-state index in [1.165, 1.54) is 31.2 Å². The van der Waals surface area contributed by atoms with Gasteiger partial charge >= 0.3 is 0 Å². The molecule has 0 spiro atoms. The second-order valence-electron chi connectivity index (χ2n) is 6.03. The summed E-state index contributed by atoms with van der Waals surface area (Å²) in [7, 11) is 1.98. The molecule has 0 saturated heterocycles. The van der Waals surface area contributed by atoms with Crippen LogP contribution in [-0.2, 0) is 18.2 Å². The molecular formula is C16H29N3O. The molecule has 1 saturated carbocycles. The molecule has 1 N–H and O–H groups in total. The molecule has 1 atom stereocenters. The SMILES string of the molecule is CCCNC(Cc1cnn(C)c1)CC1CC(OCC)C1. The van der Waals surface area contributed by atoms with Gasteiger partial charge in [-0.2, -0.15) is 5.10 Å². The van der Waals surface area contributed by atoms with E-state index in [1.54, 1.807) is 0 Å². The number of aryl methyl sites for hydroxylation is 1. The standard InChI is InChI=1S/C16H29N3O/c1-4-6-17-15(8-14-11-18-19(3)12-14)7-13-9-16(10-13)20-5-2/h11-13,15-17H,4-10H2,1-3H3. The smallest absolute Gasteiger partial charge is 0.0580 e. The Balaban J connectivity index is 1.78. The van der Waals surface area contributed by atoms with Gasteiger partial charge < -0.3 is 10.1 Å². The molecule has 0 amide bonds. The van der Waals surface area contributed by atoms with Crippen LogP contribution < -0.4 is 5.32 Å². The Kier molecular flexibility index (Phi) is 6.05. The molecule has 1 aromatic heterocycles. The van der Waals surface area contributed by atoms with Crippen molar-refractivity contribution in [1.29, 1.82) is 0 Å². The van der Waals surface area contributed by atoms with E-state index in [-0.39, 0.29) is 0 Å². The van der Waals surface area contributed by atoms with Crippen LogP contribution in [0.3, 0.4) is 0 Å². The summed E-state index contributed by atoms with van der Waals surface area (Å²) in [5, 5.41) is 7.96. The van der Waals surface area contributed by atoms with Crippen LogP contribution in [0, 0.1) is 5.92 Å². The molecule has 114 valence electrons. The van der Waals surface area contributed by atoms with Crippen LogP contribution >= 0.6 is 0 Å². The maximum absolute atomic E-state index is 5.66. The minimum atomic E-state index is 0.523. The third kappa shape index (κ3) is 4.60. The summed E-state index contributed by atoms with van der Waals surface area (Å²) >= 11 is 0. The number of nitrogens with zero attached hydrogens (tertiary/aromatic N) is 2. The first-order chi connectivity index (χ1) is 9.71. The van der Waals surface area contributed by atoms with Gasteiger partial charge in [-0.15, -0.1) is 0 Å². The van der Waals surface area contributed by atoms with Crippen molar-refractivity contribution in [3.63, 3.8) is 0 Å². The van der Waals surface area contributed by atoms with E-state index in [2.05, 4.69) is 30.5 Å². The Morgan fingerprint density at radius 3 is 2.85 bits per heavy atom. The highest BCUT2D eigenvalue weighted by molar-refractivity contribution is 5.06. The molecule has 2 rings (SSSR count). The Hall–Kier alpha value is -0.870. The lowest BCUT2D eigenvalue weighted by atomic mass is 9.77. The van der Waals surface area contributed by atoms with E-state index in [0.29, 0.717) is 12.1 Å². The van der Waals surface area contributed by atoms with Crippen molar-refractivity contribution in [2.75, 3.05) is 13.2 Å². The van der Waals surface area contributed by atoms with Crippen LogP contribution in [0.4, 0.5) is 0 Å². The van der Waals surface area contributed by atoms with Crippen molar-refractivity contribution in [2.45, 2.75) is 58.1 Å². The maximum Gasteiger partial charge on any atom is 0.0580 e. The zero-order valence-corrected chi connectivity index (χ0v) is 13.1. The van der Waals surface area contributed by atoms with Gasteiger partial charge in [0.05, 0.1) is 12.3 Å². The van der Waals surface area contributed by atoms with Crippen LogP contribution in [-0.4, -0.2) is 35.1 Å². The Morgan fingerprint density at radius 2 is 2.25 bits per heavy atom. The minimum Gasteiger partial charge on any atom is -0.378 e. The number of hydrogen-bond donors (Lipinski definition) is 1. The van der Waals surface area contributed by atoms with Gasteiger partial charge in [-0.3, -0.25) is 4.68 Å². The molecule has 1 heterocycles. The molecule has 1 fully saturated rings. The third-order valence-electron chi connectivity index (χ3n) is 4.14. The van der Waals surface area contributed by atoms with Crippen molar-refractivity contribution in [1.82, 2.24) is 15.1 Å². The summed E-state index contributed by atoms with van der Waals surface area (Å²) in [6.07, 6.45) is 10.7. The molecule has 1 aliphatic carbocycles. The Labute approximate surface area is 122 Å². The number of aromatic nitrogens is 2. The van der Waals surface area contributed by atoms with Crippen LogP contribution in [0.2, 0.25) is 0 Å². The normalized spacial score (nSPS) is 23.6. The fourth-order valence-electron chi connectivity index (χ4n) is 3.09. The maximum atomic E-state index is 5.66. The highest BCUT2D eigenvalue weighted by Gasteiger charge is 2.31. The zero-order valence-electron chi connectivity index (χ0n) is 13.1. The quantitative estimate of drug-likeness (QED) is 0.755. The van der Waals surface area contributed by atoms with Crippen molar-refractivity contribution in [2.24, 2.45) is 13.0 Å². The van der Waals surface area contributed by atoms with E-state index in [4.69, 9.17) is 4.74 Å². The second-order valence-corrected chi connectivity index (χ2v) is 6.03. The lowest BCUT2D eigenvalue weighted by molar-refractivity contribution is -0.0290. The van der Waals surface area contributed by atoms with Crippen molar-refractivity contribution in [3.05, 3.63) is 18.0 Å². The molecule has 1 aromatic rings. The number of nitrogens with one attached hydrogen (secondary N) is 1. The molecule has 0 bridgehead atoms. The summed E-state index contributed by atoms with van der Waals surface area (Å²) in [5.74, 6) is 0.831. The van der Waals surface area contributed by atoms with E-state index >= 15 is 0 Å². The average Bonchev–Trinajstić information content (AvgIpc) is 2.78. The first-order valence-corrected chi connectivity index (χ1v) is 8.03. The fourth-order valence-corrected chi connectivity index (χ4v) is 3.09. The van der Waals surface area contributed by atoms with E-state index in [9.17, 15) is 0 Å². The summed E-state index contributed by atoms with van der Waals surface area (Å²) in [5.41, 5.74) is 1.33. The number of rotatable bonds is 9. The highest BCUT2D eigenvalue weighted by atomic mass is 16.5. The van der Waals surface area contributed by atoms with Crippen LogP contribution in [0.1, 0.15) is 45.1 Å². The van der Waals surface area contributed by atoms with Crippen LogP contribution in [0.5, 0.6) is 0 Å². The van der Waals surface area contributed by atoms with E-state index < -0.39 is 0 Å². The molecule has 20 heavy (non-hydrogen) atoms. The molecule has 0 aromatic carbocycles. The Morgan fingerprint density at radius 1 is 1.45 bits per heavy atom. The number of hydrogen-bond acceptors (Lipinski definition) is 3. The summed E-state index contributed by atoms with van der Waals surface area (Å²) in [4.78, 5) is 0. The van der Waals surface area contributed by atoms with Crippen LogP contribution in [0.25, 0.3) is 0 Å². The lowest BCUT2D eigenvalue weighted by Crippen LogP contribution is -2.39. The van der Waals surface area contributed by atoms with E-state index in [0.717, 1.165) is 25.5 Å². The van der Waals surface area contributed by atoms with Crippen molar-refractivity contribution >= 4 is 0 Å². The minimum absolute atomic E-state index is 0.523. The average molecular weight is 279 g/mol. The van der Waals surface area contributed by atoms with Gasteiger partial charge in [0.2, 0.25) is 0 Å². The van der Waals surface area contributed by atoms with Gasteiger partial charge in [-0.1, -0.05) is 6.92 Å². The van der Waals surface area contributed by atoms with Crippen molar-refractivity contribution < 1.29 is 4.74 Å². The first-order valence-electron chi connectivity index (χ1n) is 8.03. The molecule has 4 nitrogen and oxygen atoms in total. The lowest BCUT2D eigenvalue weighted by Gasteiger charge is -2.37. The van der Waals surface area contributed by atoms with E-state index in [1.807, 2.05) is 17.9 Å². The third-order valence-corrected chi connectivity index (χ3v) is 4.14. The molecule has 4 heteroatoms. The topological polar surface area (TPSA) is 39.1 Å². The Bertz CT molecular complexity index is 385. The van der Waals surface area contributed by atoms with Gasteiger partial charge in [-0.25, -0.2) is 0 Å². The highest BCUT2D eigenvalue weighted by Crippen LogP contribution is 2.34. The van der Waals surface area contributed by atoms with Gasteiger partial charge in [0.15, 0.2) is 0 Å². The number of ether oxygens (including phenoxy) is 1. The molecule has 0 aliphatic heterocycles. The van der Waals surface area contributed by atoms with Crippen molar-refractivity contribution in [3.8, 4) is 0 Å². The molecular weight excluding hydrogens is 250 g/mol. The van der Waals surface area contributed by atoms with Crippen LogP contribution in [0.15, 0.2) is 12.4 Å². The monoisotopic (exact) mass is 279 g/mol. The first kappa shape index (κ1) is 15.5. The fraction of sp³-hybridized carbons (Fsp3) is 0.812. The zero-order chi connectivity index (χ0) is 14.4. The van der Waals surface area contributed by atoms with Gasteiger partial charge in [0.1, 0.15) is 0 Å². The molecule has 1 aliphatic rings. The molecule has 1 unspecified atom stereocenters. The molecule has 0 radical (unpaired) electrons. The predicted molar refractivity (Wildman–Crippen MR) is 81.7 cm³/mol. The summed E-state index contributed by atoms with van der Waals surface area (Å²) in [6, 6.07) is 0.576. The van der Waals surface area contributed by atoms with Gasteiger partial charge in [-0.05, 0) is 57.1 Å². The largest absolute Gasteiger partial charge is 0.378 e. The second kappa shape index (κ2) is 7.79. The predicted octanol–water partition coefficient (Wildman–Crippen LogP) is 2.54. The van der Waals surface area contributed by atoms with Gasteiger partial charge in [0, 0.05) is 25.9 Å². The summed E-state index contributed by atoms with van der Waals surface area (Å²) < 4.78 is 7.55. The van der Waals surface area contributed by atoms with Gasteiger partial charge in [0.25, 0.3) is 0 Å².